The number of hydrogen-bond donors (Lipinski definition) is 1. The quantitative estimate of drug-likeness (QED) is 0.629. The highest BCUT2D eigenvalue weighted by molar-refractivity contribution is 7.98. The van der Waals surface area contributed by atoms with Gasteiger partial charge in [0.1, 0.15) is 10.7 Å². The second kappa shape index (κ2) is 9.80. The minimum absolute atomic E-state index is 0.0593. The van der Waals surface area contributed by atoms with Gasteiger partial charge < -0.3 is 14.5 Å². The van der Waals surface area contributed by atoms with Crippen molar-refractivity contribution in [3.8, 4) is 0 Å². The Hall–Kier alpha value is -1.52. The van der Waals surface area contributed by atoms with Crippen molar-refractivity contribution in [2.24, 2.45) is 0 Å². The zero-order chi connectivity index (χ0) is 20.0. The number of morpholine rings is 1. The lowest BCUT2D eigenvalue weighted by atomic mass is 10.2. The number of furan rings is 1. The first-order valence-electron chi connectivity index (χ1n) is 8.74. The molecule has 0 saturated carbocycles. The number of benzene rings is 1. The minimum atomic E-state index is -3.78. The number of nitrogens with zero attached hydrogens (tertiary/aromatic N) is 1. The largest absolute Gasteiger partial charge is 0.468 e. The molecule has 0 atom stereocenters. The number of carbonyl (C=O) groups excluding carboxylic acids is 1. The van der Waals surface area contributed by atoms with E-state index in [1.54, 1.807) is 18.0 Å². The van der Waals surface area contributed by atoms with Crippen LogP contribution < -0.4 is 5.32 Å². The smallest absolute Gasteiger partial charge is 0.251 e. The first kappa shape index (κ1) is 21.2. The van der Waals surface area contributed by atoms with Gasteiger partial charge in [-0.2, -0.15) is 16.1 Å². The Morgan fingerprint density at radius 2 is 2.04 bits per heavy atom. The van der Waals surface area contributed by atoms with Crippen molar-refractivity contribution >= 4 is 39.3 Å². The molecular weight excluding hydrogens is 424 g/mol. The van der Waals surface area contributed by atoms with Crippen LogP contribution in [0, 0.1) is 0 Å². The third-order valence-corrected chi connectivity index (χ3v) is 7.50. The first-order valence-corrected chi connectivity index (χ1v) is 11.7. The summed E-state index contributed by atoms with van der Waals surface area (Å²) >= 11 is 7.75. The molecule has 1 aromatic carbocycles. The second-order valence-corrected chi connectivity index (χ2v) is 9.47. The molecule has 152 valence electrons. The summed E-state index contributed by atoms with van der Waals surface area (Å²) in [6.07, 6.45) is 1.63. The average Bonchev–Trinajstić information content (AvgIpc) is 3.22. The van der Waals surface area contributed by atoms with Gasteiger partial charge in [-0.15, -0.1) is 0 Å². The van der Waals surface area contributed by atoms with E-state index in [0.29, 0.717) is 25.5 Å². The molecule has 1 aliphatic rings. The fourth-order valence-electron chi connectivity index (χ4n) is 2.67. The van der Waals surface area contributed by atoms with Crippen molar-refractivity contribution in [1.29, 1.82) is 0 Å². The van der Waals surface area contributed by atoms with Crippen LogP contribution in [0.15, 0.2) is 45.9 Å². The van der Waals surface area contributed by atoms with Gasteiger partial charge >= 0.3 is 0 Å². The van der Waals surface area contributed by atoms with E-state index in [2.05, 4.69) is 5.32 Å². The van der Waals surface area contributed by atoms with E-state index in [9.17, 15) is 13.2 Å². The van der Waals surface area contributed by atoms with Crippen LogP contribution in [0.4, 0.5) is 0 Å². The number of halogens is 1. The Labute approximate surface area is 173 Å². The number of thioether (sulfide) groups is 1. The van der Waals surface area contributed by atoms with E-state index in [1.807, 2.05) is 12.1 Å². The highest BCUT2D eigenvalue weighted by Gasteiger charge is 2.29. The predicted molar refractivity (Wildman–Crippen MR) is 108 cm³/mol. The molecule has 1 N–H and O–H groups in total. The highest BCUT2D eigenvalue weighted by atomic mass is 35.5. The highest BCUT2D eigenvalue weighted by Crippen LogP contribution is 2.26. The van der Waals surface area contributed by atoms with Crippen LogP contribution in [-0.4, -0.2) is 57.2 Å². The Morgan fingerprint density at radius 3 is 2.75 bits per heavy atom. The number of ether oxygens (including phenoxy) is 1. The summed E-state index contributed by atoms with van der Waals surface area (Å²) in [5, 5.41) is 2.89. The predicted octanol–water partition coefficient (Wildman–Crippen LogP) is 2.62. The molecule has 0 aliphatic carbocycles. The number of carbonyl (C=O) groups is 1. The zero-order valence-corrected chi connectivity index (χ0v) is 17.5. The monoisotopic (exact) mass is 444 g/mol. The van der Waals surface area contributed by atoms with Crippen LogP contribution in [0.1, 0.15) is 16.1 Å². The lowest BCUT2D eigenvalue weighted by Gasteiger charge is -2.26. The molecule has 1 amide bonds. The molecule has 0 bridgehead atoms. The van der Waals surface area contributed by atoms with Gasteiger partial charge in [0, 0.05) is 31.0 Å². The summed E-state index contributed by atoms with van der Waals surface area (Å²) in [6.45, 7) is 1.67. The fraction of sp³-hybridized carbons (Fsp3) is 0.389. The van der Waals surface area contributed by atoms with Crippen LogP contribution in [-0.2, 0) is 20.5 Å². The Bertz CT molecular complexity index is 897. The molecule has 1 aromatic heterocycles. The maximum Gasteiger partial charge on any atom is 0.251 e. The maximum absolute atomic E-state index is 12.8. The van der Waals surface area contributed by atoms with Gasteiger partial charge in [0.25, 0.3) is 5.91 Å². The molecule has 0 radical (unpaired) electrons. The van der Waals surface area contributed by atoms with Crippen LogP contribution >= 0.6 is 23.4 Å². The number of hydrogen-bond acceptors (Lipinski definition) is 6. The van der Waals surface area contributed by atoms with Crippen LogP contribution in [0.5, 0.6) is 0 Å². The van der Waals surface area contributed by atoms with E-state index >= 15 is 0 Å². The average molecular weight is 445 g/mol. The summed E-state index contributed by atoms with van der Waals surface area (Å²) < 4.78 is 37.4. The van der Waals surface area contributed by atoms with Gasteiger partial charge in [-0.25, -0.2) is 8.42 Å². The van der Waals surface area contributed by atoms with Gasteiger partial charge in [0.2, 0.25) is 10.0 Å². The second-order valence-electron chi connectivity index (χ2n) is 6.05. The van der Waals surface area contributed by atoms with Crippen molar-refractivity contribution in [2.75, 3.05) is 38.6 Å². The molecule has 1 aliphatic heterocycles. The summed E-state index contributed by atoms with van der Waals surface area (Å²) in [6, 6.07) is 8.02. The van der Waals surface area contributed by atoms with Gasteiger partial charge in [-0.3, -0.25) is 4.79 Å². The van der Waals surface area contributed by atoms with E-state index in [0.717, 1.165) is 11.5 Å². The van der Waals surface area contributed by atoms with Crippen molar-refractivity contribution < 1.29 is 22.4 Å². The maximum atomic E-state index is 12.8. The summed E-state index contributed by atoms with van der Waals surface area (Å²) in [7, 11) is -3.78. The van der Waals surface area contributed by atoms with Crippen molar-refractivity contribution in [3.63, 3.8) is 0 Å². The SMILES string of the molecule is O=C(NCCSCc1ccco1)c1ccc(Cl)c(S(=O)(=O)N2CCOCC2)c1. The normalized spacial score (nSPS) is 15.5. The fourth-order valence-corrected chi connectivity index (χ4v) is 5.34. The van der Waals surface area contributed by atoms with Gasteiger partial charge in [-0.05, 0) is 30.3 Å². The van der Waals surface area contributed by atoms with Crippen molar-refractivity contribution in [2.45, 2.75) is 10.6 Å². The topological polar surface area (TPSA) is 88.8 Å². The molecule has 1 fully saturated rings. The lowest BCUT2D eigenvalue weighted by molar-refractivity contribution is 0.0730. The van der Waals surface area contributed by atoms with Crippen molar-refractivity contribution in [1.82, 2.24) is 9.62 Å². The van der Waals surface area contributed by atoms with Crippen LogP contribution in [0.2, 0.25) is 5.02 Å². The number of amides is 1. The van der Waals surface area contributed by atoms with E-state index in [1.165, 1.54) is 22.5 Å². The van der Waals surface area contributed by atoms with E-state index in [4.69, 9.17) is 20.8 Å². The van der Waals surface area contributed by atoms with Crippen molar-refractivity contribution in [3.05, 3.63) is 52.9 Å². The Kier molecular flexibility index (Phi) is 7.42. The molecule has 7 nitrogen and oxygen atoms in total. The van der Waals surface area contributed by atoms with Crippen LogP contribution in [0.3, 0.4) is 0 Å². The summed E-state index contributed by atoms with van der Waals surface area (Å²) in [5.41, 5.74) is 0.257. The first-order chi connectivity index (χ1) is 13.5. The number of nitrogens with one attached hydrogen (secondary N) is 1. The number of sulfonamides is 1. The van der Waals surface area contributed by atoms with E-state index < -0.39 is 10.0 Å². The third-order valence-electron chi connectivity index (χ3n) is 4.14. The van der Waals surface area contributed by atoms with Gasteiger partial charge in [-0.1, -0.05) is 11.6 Å². The molecule has 0 spiro atoms. The standard InChI is InChI=1S/C18H21ClN2O5S2/c19-16-4-3-14(12-17(16)28(23,24)21-6-9-25-10-7-21)18(22)20-5-11-27-13-15-2-1-8-26-15/h1-4,8,12H,5-7,9-11,13H2,(H,20,22). The molecule has 10 heteroatoms. The Balaban J connectivity index is 1.59. The molecular formula is C18H21ClN2O5S2. The number of rotatable bonds is 8. The lowest BCUT2D eigenvalue weighted by Crippen LogP contribution is -2.40. The molecule has 0 unspecified atom stereocenters. The molecule has 1 saturated heterocycles. The minimum Gasteiger partial charge on any atom is -0.468 e. The Morgan fingerprint density at radius 1 is 1.25 bits per heavy atom. The molecule has 28 heavy (non-hydrogen) atoms. The van der Waals surface area contributed by atoms with Gasteiger partial charge in [0.05, 0.1) is 30.3 Å². The molecule has 2 aromatic rings. The molecule has 2 heterocycles. The third kappa shape index (κ3) is 5.30. The zero-order valence-electron chi connectivity index (χ0n) is 15.1. The van der Waals surface area contributed by atoms with E-state index in [-0.39, 0.29) is 34.5 Å². The van der Waals surface area contributed by atoms with Gasteiger partial charge in [0.15, 0.2) is 0 Å². The molecule has 3 rings (SSSR count). The summed E-state index contributed by atoms with van der Waals surface area (Å²) in [4.78, 5) is 12.3. The summed E-state index contributed by atoms with van der Waals surface area (Å²) in [5.74, 6) is 1.98. The van der Waals surface area contributed by atoms with Crippen LogP contribution in [0.25, 0.3) is 0 Å².